The van der Waals surface area contributed by atoms with Gasteiger partial charge < -0.3 is 10.6 Å². The van der Waals surface area contributed by atoms with Crippen LogP contribution in [0.2, 0.25) is 0 Å². The molecule has 2 unspecified atom stereocenters. The molecule has 142 valence electrons. The molecule has 28 heavy (non-hydrogen) atoms. The molecule has 0 radical (unpaired) electrons. The second-order valence-corrected chi connectivity index (χ2v) is 7.27. The average Bonchev–Trinajstić information content (AvgIpc) is 2.71. The lowest BCUT2D eigenvalue weighted by Crippen LogP contribution is -2.50. The van der Waals surface area contributed by atoms with E-state index in [4.69, 9.17) is 0 Å². The number of anilines is 1. The Morgan fingerprint density at radius 3 is 2.71 bits per heavy atom. The zero-order valence-electron chi connectivity index (χ0n) is 14.7. The number of hydrogen-bond acceptors (Lipinski definition) is 7. The first-order valence-electron chi connectivity index (χ1n) is 8.60. The number of hydrogen-bond donors (Lipinski definition) is 2. The van der Waals surface area contributed by atoms with Crippen molar-refractivity contribution in [3.05, 3.63) is 82.4 Å². The Labute approximate surface area is 165 Å². The molecule has 2 aromatic carbocycles. The Hall–Kier alpha value is -3.33. The number of thioether (sulfide) groups is 1. The predicted molar refractivity (Wildman–Crippen MR) is 109 cm³/mol. The SMILES string of the molecule is C=CCSC1=NN2C(c3ccc([N+](=O)[O-])cc3)Nc3ccccc3C2C(=O)N1. The summed E-state index contributed by atoms with van der Waals surface area (Å²) in [4.78, 5) is 23.4. The quantitative estimate of drug-likeness (QED) is 0.468. The van der Waals surface area contributed by atoms with Crippen LogP contribution in [0.3, 0.4) is 0 Å². The molecule has 4 rings (SSSR count). The van der Waals surface area contributed by atoms with Crippen LogP contribution >= 0.6 is 11.8 Å². The molecule has 1 amide bonds. The van der Waals surface area contributed by atoms with Gasteiger partial charge in [0.25, 0.3) is 11.6 Å². The van der Waals surface area contributed by atoms with Gasteiger partial charge in [0.05, 0.1) is 4.92 Å². The summed E-state index contributed by atoms with van der Waals surface area (Å²) < 4.78 is 0. The molecule has 0 spiro atoms. The van der Waals surface area contributed by atoms with Crippen LogP contribution in [0.1, 0.15) is 23.3 Å². The van der Waals surface area contributed by atoms with Gasteiger partial charge in [0.1, 0.15) is 6.17 Å². The molecule has 8 nitrogen and oxygen atoms in total. The first-order valence-corrected chi connectivity index (χ1v) is 9.58. The molecule has 0 saturated carbocycles. The summed E-state index contributed by atoms with van der Waals surface area (Å²) in [6, 6.07) is 13.2. The molecule has 0 aromatic heterocycles. The molecule has 0 fully saturated rings. The standard InChI is InChI=1S/C19H17N5O3S/c1-2-11-28-19-21-18(25)16-14-5-3-4-6-15(14)20-17(23(16)22-19)12-7-9-13(10-8-12)24(26)27/h2-10,16-17,20H,1,11H2,(H,21,22,25). The summed E-state index contributed by atoms with van der Waals surface area (Å²) in [5.74, 6) is 0.450. The van der Waals surface area contributed by atoms with Crippen molar-refractivity contribution in [2.75, 3.05) is 11.1 Å². The molecule has 2 heterocycles. The van der Waals surface area contributed by atoms with Crippen molar-refractivity contribution in [3.63, 3.8) is 0 Å². The number of para-hydroxylation sites is 1. The summed E-state index contributed by atoms with van der Waals surface area (Å²) in [7, 11) is 0. The van der Waals surface area contributed by atoms with Gasteiger partial charge >= 0.3 is 0 Å². The van der Waals surface area contributed by atoms with Gasteiger partial charge in [0.15, 0.2) is 11.2 Å². The van der Waals surface area contributed by atoms with E-state index in [1.54, 1.807) is 23.2 Å². The maximum atomic E-state index is 12.9. The van der Waals surface area contributed by atoms with Crippen LogP contribution in [-0.2, 0) is 4.79 Å². The molecule has 2 N–H and O–H groups in total. The van der Waals surface area contributed by atoms with E-state index in [-0.39, 0.29) is 11.6 Å². The van der Waals surface area contributed by atoms with Crippen molar-refractivity contribution < 1.29 is 9.72 Å². The second kappa shape index (κ2) is 7.35. The Morgan fingerprint density at radius 1 is 1.25 bits per heavy atom. The molecule has 9 heteroatoms. The summed E-state index contributed by atoms with van der Waals surface area (Å²) in [6.45, 7) is 3.69. The highest BCUT2D eigenvalue weighted by molar-refractivity contribution is 8.14. The van der Waals surface area contributed by atoms with Gasteiger partial charge in [-0.1, -0.05) is 36.0 Å². The van der Waals surface area contributed by atoms with E-state index in [0.717, 1.165) is 16.8 Å². The van der Waals surface area contributed by atoms with E-state index in [1.807, 2.05) is 24.3 Å². The Bertz CT molecular complexity index is 976. The van der Waals surface area contributed by atoms with Crippen LogP contribution in [-0.4, -0.2) is 26.8 Å². The third-order valence-electron chi connectivity index (χ3n) is 4.52. The summed E-state index contributed by atoms with van der Waals surface area (Å²) in [5, 5.41) is 24.1. The van der Waals surface area contributed by atoms with Crippen molar-refractivity contribution in [2.24, 2.45) is 5.10 Å². The normalized spacial score (nSPS) is 20.2. The number of benzene rings is 2. The van der Waals surface area contributed by atoms with Crippen molar-refractivity contribution >= 4 is 34.2 Å². The minimum Gasteiger partial charge on any atom is -0.360 e. The van der Waals surface area contributed by atoms with Crippen molar-refractivity contribution in [2.45, 2.75) is 12.2 Å². The number of nitro groups is 1. The lowest BCUT2D eigenvalue weighted by Gasteiger charge is -2.43. The molecule has 2 aliphatic rings. The van der Waals surface area contributed by atoms with E-state index in [1.165, 1.54) is 23.9 Å². The van der Waals surface area contributed by atoms with Crippen molar-refractivity contribution in [1.29, 1.82) is 0 Å². The number of carbonyl (C=O) groups is 1. The number of carbonyl (C=O) groups excluding carboxylic acids is 1. The molecule has 2 atom stereocenters. The Kier molecular flexibility index (Phi) is 4.74. The largest absolute Gasteiger partial charge is 0.360 e. The number of fused-ring (bicyclic) bond motifs is 3. The monoisotopic (exact) mass is 395 g/mol. The number of nitro benzene ring substituents is 1. The van der Waals surface area contributed by atoms with Crippen LogP contribution in [0.25, 0.3) is 0 Å². The minimum absolute atomic E-state index is 0.0126. The van der Waals surface area contributed by atoms with Gasteiger partial charge in [0.2, 0.25) is 0 Å². The van der Waals surface area contributed by atoms with Crippen molar-refractivity contribution in [3.8, 4) is 0 Å². The first kappa shape index (κ1) is 18.1. The maximum Gasteiger partial charge on any atom is 0.269 e. The van der Waals surface area contributed by atoms with E-state index in [9.17, 15) is 14.9 Å². The maximum absolute atomic E-state index is 12.9. The highest BCUT2D eigenvalue weighted by atomic mass is 32.2. The molecule has 0 bridgehead atoms. The van der Waals surface area contributed by atoms with Crippen molar-refractivity contribution in [1.82, 2.24) is 10.3 Å². The Morgan fingerprint density at radius 2 is 2.00 bits per heavy atom. The molecule has 0 saturated heterocycles. The molecule has 2 aliphatic heterocycles. The van der Waals surface area contributed by atoms with E-state index in [0.29, 0.717) is 10.9 Å². The number of rotatable bonds is 4. The topological polar surface area (TPSA) is 99.9 Å². The van der Waals surface area contributed by atoms with Gasteiger partial charge in [-0.2, -0.15) is 0 Å². The van der Waals surface area contributed by atoms with E-state index >= 15 is 0 Å². The molecule has 2 aromatic rings. The first-order chi connectivity index (χ1) is 13.6. The lowest BCUT2D eigenvalue weighted by molar-refractivity contribution is -0.384. The molecule has 0 aliphatic carbocycles. The zero-order chi connectivity index (χ0) is 19.7. The molecular formula is C19H17N5O3S. The predicted octanol–water partition coefficient (Wildman–Crippen LogP) is 3.38. The fourth-order valence-corrected chi connectivity index (χ4v) is 3.87. The fourth-order valence-electron chi connectivity index (χ4n) is 3.27. The van der Waals surface area contributed by atoms with Gasteiger partial charge in [-0.25, -0.2) is 0 Å². The summed E-state index contributed by atoms with van der Waals surface area (Å²) in [6.07, 6.45) is 1.30. The average molecular weight is 395 g/mol. The van der Waals surface area contributed by atoms with Gasteiger partial charge in [-0.3, -0.25) is 19.9 Å². The van der Waals surface area contributed by atoms with Crippen LogP contribution in [0.4, 0.5) is 11.4 Å². The van der Waals surface area contributed by atoms with Crippen LogP contribution in [0.5, 0.6) is 0 Å². The highest BCUT2D eigenvalue weighted by Gasteiger charge is 2.41. The van der Waals surface area contributed by atoms with Crippen LogP contribution < -0.4 is 10.6 Å². The Balaban J connectivity index is 1.77. The van der Waals surface area contributed by atoms with Gasteiger partial charge in [-0.05, 0) is 23.8 Å². The number of amides is 1. The lowest BCUT2D eigenvalue weighted by atomic mass is 9.97. The van der Waals surface area contributed by atoms with E-state index < -0.39 is 17.1 Å². The van der Waals surface area contributed by atoms with Gasteiger partial charge in [0, 0.05) is 29.1 Å². The van der Waals surface area contributed by atoms with Crippen LogP contribution in [0.15, 0.2) is 66.3 Å². The number of non-ortho nitro benzene ring substituents is 1. The fraction of sp³-hybridized carbons (Fsp3) is 0.158. The number of nitrogens with zero attached hydrogens (tertiary/aromatic N) is 3. The number of amidine groups is 1. The second-order valence-electron chi connectivity index (χ2n) is 6.26. The smallest absolute Gasteiger partial charge is 0.269 e. The zero-order valence-corrected chi connectivity index (χ0v) is 15.6. The van der Waals surface area contributed by atoms with Gasteiger partial charge in [-0.15, -0.1) is 11.7 Å². The summed E-state index contributed by atoms with van der Waals surface area (Å²) >= 11 is 1.38. The minimum atomic E-state index is -0.592. The number of nitrogens with one attached hydrogen (secondary N) is 2. The van der Waals surface area contributed by atoms with E-state index in [2.05, 4.69) is 22.3 Å². The third kappa shape index (κ3) is 3.20. The molecular weight excluding hydrogens is 378 g/mol. The third-order valence-corrected chi connectivity index (χ3v) is 5.38. The van der Waals surface area contributed by atoms with Crippen LogP contribution in [0, 0.1) is 10.1 Å². The summed E-state index contributed by atoms with van der Waals surface area (Å²) in [5.41, 5.74) is 2.45. The highest BCUT2D eigenvalue weighted by Crippen LogP contribution is 2.42. The number of hydrazone groups is 1.